The van der Waals surface area contributed by atoms with Gasteiger partial charge < -0.3 is 10.2 Å². The van der Waals surface area contributed by atoms with Crippen LogP contribution in [-0.2, 0) is 0 Å². The molecule has 0 unspecified atom stereocenters. The van der Waals surface area contributed by atoms with Crippen molar-refractivity contribution in [1.29, 1.82) is 5.26 Å². The highest BCUT2D eigenvalue weighted by molar-refractivity contribution is 6.05. The molecule has 0 radical (unpaired) electrons. The van der Waals surface area contributed by atoms with Crippen molar-refractivity contribution in [3.63, 3.8) is 0 Å². The molecule has 1 aromatic heterocycles. The Morgan fingerprint density at radius 3 is 2.47 bits per heavy atom. The van der Waals surface area contributed by atoms with Crippen LogP contribution in [0.3, 0.4) is 0 Å². The lowest BCUT2D eigenvalue weighted by Crippen LogP contribution is -2.38. The molecule has 6 heteroatoms. The van der Waals surface area contributed by atoms with Gasteiger partial charge in [-0.25, -0.2) is 0 Å². The third kappa shape index (κ3) is 4.68. The van der Waals surface area contributed by atoms with Crippen LogP contribution in [0.15, 0.2) is 67.0 Å². The Labute approximate surface area is 187 Å². The molecule has 0 aliphatic carbocycles. The van der Waals surface area contributed by atoms with Gasteiger partial charge in [0, 0.05) is 36.7 Å². The summed E-state index contributed by atoms with van der Waals surface area (Å²) in [5, 5.41) is 11.9. The van der Waals surface area contributed by atoms with Gasteiger partial charge in [-0.1, -0.05) is 18.2 Å². The molecule has 1 aliphatic rings. The van der Waals surface area contributed by atoms with E-state index < -0.39 is 0 Å². The van der Waals surface area contributed by atoms with E-state index in [0.29, 0.717) is 41.4 Å². The Balaban J connectivity index is 1.42. The van der Waals surface area contributed by atoms with Crippen molar-refractivity contribution in [2.24, 2.45) is 0 Å². The van der Waals surface area contributed by atoms with Crippen LogP contribution < -0.4 is 5.32 Å². The Morgan fingerprint density at radius 2 is 1.81 bits per heavy atom. The third-order valence-corrected chi connectivity index (χ3v) is 5.95. The molecule has 32 heavy (non-hydrogen) atoms. The van der Waals surface area contributed by atoms with Gasteiger partial charge in [-0.05, 0) is 73.2 Å². The van der Waals surface area contributed by atoms with Crippen molar-refractivity contribution >= 4 is 17.5 Å². The molecule has 0 atom stereocenters. The predicted molar refractivity (Wildman–Crippen MR) is 122 cm³/mol. The molecule has 4 rings (SSSR count). The topological polar surface area (TPSA) is 86.1 Å². The monoisotopic (exact) mass is 424 g/mol. The van der Waals surface area contributed by atoms with Crippen molar-refractivity contribution in [2.75, 3.05) is 18.4 Å². The molecule has 0 spiro atoms. The average Bonchev–Trinajstić information content (AvgIpc) is 2.85. The third-order valence-electron chi connectivity index (χ3n) is 5.95. The molecule has 1 N–H and O–H groups in total. The molecule has 6 nitrogen and oxygen atoms in total. The molecule has 0 bridgehead atoms. The SMILES string of the molecule is Cc1ccc(C(=O)N2CCC(c3ccc(C#N)cc3)CC2)cc1NC(=O)c1cccnc1. The summed E-state index contributed by atoms with van der Waals surface area (Å²) in [5.41, 5.74) is 4.41. The number of piperidine rings is 1. The number of nitrogens with zero attached hydrogens (tertiary/aromatic N) is 3. The van der Waals surface area contributed by atoms with E-state index in [-0.39, 0.29) is 11.8 Å². The van der Waals surface area contributed by atoms with Crippen molar-refractivity contribution < 1.29 is 9.59 Å². The summed E-state index contributed by atoms with van der Waals surface area (Å²) in [6, 6.07) is 18.7. The number of pyridine rings is 1. The van der Waals surface area contributed by atoms with Crippen LogP contribution in [0.25, 0.3) is 0 Å². The fourth-order valence-electron chi connectivity index (χ4n) is 4.01. The van der Waals surface area contributed by atoms with Gasteiger partial charge in [0.1, 0.15) is 0 Å². The van der Waals surface area contributed by atoms with Crippen LogP contribution in [0.4, 0.5) is 5.69 Å². The number of rotatable bonds is 4. The number of likely N-dealkylation sites (tertiary alicyclic amines) is 1. The number of nitriles is 1. The Bertz CT molecular complexity index is 1160. The largest absolute Gasteiger partial charge is 0.339 e. The second-order valence-electron chi connectivity index (χ2n) is 8.03. The molecule has 3 aromatic rings. The van der Waals surface area contributed by atoms with Crippen molar-refractivity contribution in [3.05, 3.63) is 94.8 Å². The van der Waals surface area contributed by atoms with Crippen LogP contribution in [0.2, 0.25) is 0 Å². The van der Waals surface area contributed by atoms with E-state index in [1.54, 1.807) is 24.4 Å². The van der Waals surface area contributed by atoms with E-state index >= 15 is 0 Å². The van der Waals surface area contributed by atoms with Crippen molar-refractivity contribution in [3.8, 4) is 6.07 Å². The Kier molecular flexibility index (Phi) is 6.27. The van der Waals surface area contributed by atoms with Gasteiger partial charge in [0.25, 0.3) is 11.8 Å². The van der Waals surface area contributed by atoms with Gasteiger partial charge in [0.05, 0.1) is 17.2 Å². The van der Waals surface area contributed by atoms with E-state index in [9.17, 15) is 9.59 Å². The number of aryl methyl sites for hydroxylation is 1. The van der Waals surface area contributed by atoms with Crippen LogP contribution >= 0.6 is 0 Å². The maximum absolute atomic E-state index is 13.1. The van der Waals surface area contributed by atoms with Gasteiger partial charge >= 0.3 is 0 Å². The number of nitrogens with one attached hydrogen (secondary N) is 1. The second-order valence-corrected chi connectivity index (χ2v) is 8.03. The minimum Gasteiger partial charge on any atom is -0.339 e. The highest BCUT2D eigenvalue weighted by Gasteiger charge is 2.25. The standard InChI is InChI=1S/C26H24N4O2/c1-18-4-7-22(15-24(18)29-25(31)23-3-2-12-28-17-23)26(32)30-13-10-21(11-14-30)20-8-5-19(16-27)6-9-20/h2-9,12,15,17,21H,10-11,13-14H2,1H3,(H,29,31). The molecule has 2 heterocycles. The first-order valence-corrected chi connectivity index (χ1v) is 10.7. The number of carbonyl (C=O) groups excluding carboxylic acids is 2. The van der Waals surface area contributed by atoms with Crippen LogP contribution in [0, 0.1) is 18.3 Å². The molecule has 160 valence electrons. The Hall–Kier alpha value is -3.98. The number of amides is 2. The van der Waals surface area contributed by atoms with Crippen LogP contribution in [0.5, 0.6) is 0 Å². The van der Waals surface area contributed by atoms with Gasteiger partial charge in [-0.2, -0.15) is 5.26 Å². The van der Waals surface area contributed by atoms with Crippen molar-refractivity contribution in [1.82, 2.24) is 9.88 Å². The molecule has 1 aliphatic heterocycles. The number of hydrogen-bond donors (Lipinski definition) is 1. The second kappa shape index (κ2) is 9.44. The van der Waals surface area contributed by atoms with Gasteiger partial charge in [-0.15, -0.1) is 0 Å². The number of benzene rings is 2. The fraction of sp³-hybridized carbons (Fsp3) is 0.231. The Morgan fingerprint density at radius 1 is 1.06 bits per heavy atom. The first-order chi connectivity index (χ1) is 15.5. The zero-order chi connectivity index (χ0) is 22.5. The lowest BCUT2D eigenvalue weighted by atomic mass is 9.89. The zero-order valence-electron chi connectivity index (χ0n) is 17.9. The van der Waals surface area contributed by atoms with Crippen molar-refractivity contribution in [2.45, 2.75) is 25.7 Å². The summed E-state index contributed by atoms with van der Waals surface area (Å²) >= 11 is 0. The fourth-order valence-corrected chi connectivity index (χ4v) is 4.01. The lowest BCUT2D eigenvalue weighted by molar-refractivity contribution is 0.0712. The molecule has 1 saturated heterocycles. The number of hydrogen-bond acceptors (Lipinski definition) is 4. The summed E-state index contributed by atoms with van der Waals surface area (Å²) in [6.07, 6.45) is 4.89. The summed E-state index contributed by atoms with van der Waals surface area (Å²) in [7, 11) is 0. The number of anilines is 1. The average molecular weight is 425 g/mol. The number of carbonyl (C=O) groups is 2. The summed E-state index contributed by atoms with van der Waals surface area (Å²) in [6.45, 7) is 3.25. The van der Waals surface area contributed by atoms with Crippen LogP contribution in [-0.4, -0.2) is 34.8 Å². The number of aromatic nitrogens is 1. The predicted octanol–water partition coefficient (Wildman–Crippen LogP) is 4.53. The molecule has 2 amide bonds. The molecular formula is C26H24N4O2. The summed E-state index contributed by atoms with van der Waals surface area (Å²) in [4.78, 5) is 31.5. The van der Waals surface area contributed by atoms with E-state index in [0.717, 1.165) is 18.4 Å². The van der Waals surface area contributed by atoms with Gasteiger partial charge in [-0.3, -0.25) is 14.6 Å². The highest BCUT2D eigenvalue weighted by Crippen LogP contribution is 2.29. The zero-order valence-corrected chi connectivity index (χ0v) is 17.9. The minimum absolute atomic E-state index is 0.0276. The van der Waals surface area contributed by atoms with E-state index in [1.807, 2.05) is 48.2 Å². The van der Waals surface area contributed by atoms with E-state index in [1.165, 1.54) is 11.8 Å². The summed E-state index contributed by atoms with van der Waals surface area (Å²) < 4.78 is 0. The molecular weight excluding hydrogens is 400 g/mol. The maximum atomic E-state index is 13.1. The van der Waals surface area contributed by atoms with E-state index in [2.05, 4.69) is 16.4 Å². The molecule has 2 aromatic carbocycles. The lowest BCUT2D eigenvalue weighted by Gasteiger charge is -2.32. The quantitative estimate of drug-likeness (QED) is 0.666. The van der Waals surface area contributed by atoms with Gasteiger partial charge in [0.15, 0.2) is 0 Å². The summed E-state index contributed by atoms with van der Waals surface area (Å²) in [5.74, 6) is 0.105. The normalized spacial score (nSPS) is 13.9. The highest BCUT2D eigenvalue weighted by atomic mass is 16.2. The molecule has 1 fully saturated rings. The van der Waals surface area contributed by atoms with Crippen LogP contribution in [0.1, 0.15) is 56.2 Å². The first-order valence-electron chi connectivity index (χ1n) is 10.7. The first kappa shape index (κ1) is 21.3. The smallest absolute Gasteiger partial charge is 0.257 e. The minimum atomic E-state index is -0.256. The van der Waals surface area contributed by atoms with Gasteiger partial charge in [0.2, 0.25) is 0 Å². The maximum Gasteiger partial charge on any atom is 0.257 e. The molecule has 0 saturated carbocycles. The van der Waals surface area contributed by atoms with E-state index in [4.69, 9.17) is 5.26 Å².